The fourth-order valence-corrected chi connectivity index (χ4v) is 1.19. The predicted octanol–water partition coefficient (Wildman–Crippen LogP) is 2.47. The number of hydrogen-bond donors (Lipinski definition) is 1. The molecule has 0 aliphatic rings. The first-order valence-electron chi connectivity index (χ1n) is 3.10. The van der Waals surface area contributed by atoms with Crippen LogP contribution in [0.15, 0.2) is 18.2 Å². The van der Waals surface area contributed by atoms with Crippen molar-refractivity contribution in [2.75, 3.05) is 5.73 Å². The third kappa shape index (κ3) is 2.20. The van der Waals surface area contributed by atoms with E-state index in [0.717, 1.165) is 0 Å². The van der Waals surface area contributed by atoms with E-state index in [1.807, 2.05) is 22.6 Å². The topological polar surface area (TPSA) is 35.2 Å². The summed E-state index contributed by atoms with van der Waals surface area (Å²) in [4.78, 5) is 0. The van der Waals surface area contributed by atoms with Crippen molar-refractivity contribution in [1.82, 2.24) is 0 Å². The van der Waals surface area contributed by atoms with E-state index in [0.29, 0.717) is 3.57 Å². The minimum absolute atomic E-state index is 0.0249. The molecule has 2 N–H and O–H groups in total. The lowest BCUT2D eigenvalue weighted by atomic mass is 10.3. The quantitative estimate of drug-likeness (QED) is 0.669. The first-order chi connectivity index (χ1) is 5.61. The van der Waals surface area contributed by atoms with Crippen LogP contribution in [0.4, 0.5) is 14.5 Å². The zero-order valence-corrected chi connectivity index (χ0v) is 8.09. The van der Waals surface area contributed by atoms with Gasteiger partial charge in [0.1, 0.15) is 5.75 Å². The van der Waals surface area contributed by atoms with Crippen LogP contribution < -0.4 is 10.5 Å². The molecule has 1 aromatic carbocycles. The fourth-order valence-electron chi connectivity index (χ4n) is 0.716. The summed E-state index contributed by atoms with van der Waals surface area (Å²) in [5, 5.41) is 0. The van der Waals surface area contributed by atoms with E-state index in [1.165, 1.54) is 6.07 Å². The molecule has 0 unspecified atom stereocenters. The zero-order valence-electron chi connectivity index (χ0n) is 5.93. The number of nitrogen functional groups attached to an aromatic ring is 1. The van der Waals surface area contributed by atoms with Crippen molar-refractivity contribution in [3.8, 4) is 5.75 Å². The third-order valence-corrected chi connectivity index (χ3v) is 2.17. The lowest BCUT2D eigenvalue weighted by Crippen LogP contribution is -2.05. The van der Waals surface area contributed by atoms with Gasteiger partial charge in [-0.3, -0.25) is 0 Å². The van der Waals surface area contributed by atoms with Crippen molar-refractivity contribution in [2.24, 2.45) is 0 Å². The maximum atomic E-state index is 11.8. The van der Waals surface area contributed by atoms with Crippen molar-refractivity contribution in [2.45, 2.75) is 6.61 Å². The molecule has 0 amide bonds. The third-order valence-electron chi connectivity index (χ3n) is 1.23. The summed E-state index contributed by atoms with van der Waals surface area (Å²) in [6, 6.07) is 4.73. The molecule has 2 nitrogen and oxygen atoms in total. The largest absolute Gasteiger partial charge is 0.433 e. The van der Waals surface area contributed by atoms with Gasteiger partial charge in [-0.2, -0.15) is 8.78 Å². The Morgan fingerprint density at radius 1 is 1.42 bits per heavy atom. The molecule has 0 atom stereocenters. The smallest absolute Gasteiger partial charge is 0.387 e. The molecule has 0 aliphatic carbocycles. The Bertz CT molecular complexity index is 280. The lowest BCUT2D eigenvalue weighted by molar-refractivity contribution is -0.0493. The summed E-state index contributed by atoms with van der Waals surface area (Å²) in [5.41, 5.74) is 5.71. The molecular formula is C7H6F2INO. The van der Waals surface area contributed by atoms with Gasteiger partial charge in [0.25, 0.3) is 0 Å². The van der Waals surface area contributed by atoms with Crippen LogP contribution in [0, 0.1) is 3.57 Å². The summed E-state index contributed by atoms with van der Waals surface area (Å²) in [7, 11) is 0. The number of anilines is 1. The van der Waals surface area contributed by atoms with Crippen LogP contribution in [0.2, 0.25) is 0 Å². The van der Waals surface area contributed by atoms with Crippen molar-refractivity contribution < 1.29 is 13.5 Å². The highest BCUT2D eigenvalue weighted by Crippen LogP contribution is 2.27. The van der Waals surface area contributed by atoms with E-state index in [9.17, 15) is 8.78 Å². The minimum Gasteiger partial charge on any atom is -0.433 e. The molecule has 0 saturated heterocycles. The molecule has 0 bridgehead atoms. The average Bonchev–Trinajstić information content (AvgIpc) is 1.98. The van der Waals surface area contributed by atoms with Gasteiger partial charge in [0.05, 0.1) is 5.69 Å². The maximum Gasteiger partial charge on any atom is 0.387 e. The van der Waals surface area contributed by atoms with Crippen LogP contribution in [0.25, 0.3) is 0 Å². The van der Waals surface area contributed by atoms with E-state index in [4.69, 9.17) is 5.73 Å². The van der Waals surface area contributed by atoms with E-state index in [-0.39, 0.29) is 11.4 Å². The number of nitrogens with two attached hydrogens (primary N) is 1. The van der Waals surface area contributed by atoms with Gasteiger partial charge in [-0.25, -0.2) is 0 Å². The molecule has 1 rings (SSSR count). The summed E-state index contributed by atoms with van der Waals surface area (Å²) in [5.74, 6) is 0.0249. The van der Waals surface area contributed by atoms with E-state index >= 15 is 0 Å². The SMILES string of the molecule is Nc1c(I)cccc1OC(F)F. The van der Waals surface area contributed by atoms with Crippen LogP contribution in [0.1, 0.15) is 0 Å². The van der Waals surface area contributed by atoms with E-state index in [2.05, 4.69) is 4.74 Å². The Hall–Kier alpha value is -0.590. The zero-order chi connectivity index (χ0) is 9.14. The molecule has 5 heteroatoms. The highest BCUT2D eigenvalue weighted by molar-refractivity contribution is 14.1. The molecule has 0 aromatic heterocycles. The highest BCUT2D eigenvalue weighted by atomic mass is 127. The van der Waals surface area contributed by atoms with Gasteiger partial charge < -0.3 is 10.5 Å². The second-order valence-corrected chi connectivity index (χ2v) is 3.19. The minimum atomic E-state index is -2.83. The predicted molar refractivity (Wildman–Crippen MR) is 50.2 cm³/mol. The standard InChI is InChI=1S/C7H6F2INO/c8-7(9)12-5-3-1-2-4(10)6(5)11/h1-3,7H,11H2. The fraction of sp³-hybridized carbons (Fsp3) is 0.143. The van der Waals surface area contributed by atoms with Crippen molar-refractivity contribution >= 4 is 28.3 Å². The number of ether oxygens (including phenoxy) is 1. The highest BCUT2D eigenvalue weighted by Gasteiger charge is 2.08. The molecule has 0 heterocycles. The lowest BCUT2D eigenvalue weighted by Gasteiger charge is -2.07. The van der Waals surface area contributed by atoms with Crippen LogP contribution >= 0.6 is 22.6 Å². The van der Waals surface area contributed by atoms with Crippen LogP contribution in [0.3, 0.4) is 0 Å². The number of hydrogen-bond acceptors (Lipinski definition) is 2. The molecule has 12 heavy (non-hydrogen) atoms. The second-order valence-electron chi connectivity index (χ2n) is 2.03. The van der Waals surface area contributed by atoms with Gasteiger partial charge in [-0.1, -0.05) is 6.07 Å². The molecule has 0 spiro atoms. The Labute approximate surface area is 81.8 Å². The Morgan fingerprint density at radius 2 is 2.08 bits per heavy atom. The van der Waals surface area contributed by atoms with Crippen LogP contribution in [-0.4, -0.2) is 6.61 Å². The average molecular weight is 285 g/mol. The van der Waals surface area contributed by atoms with Gasteiger partial charge in [-0.05, 0) is 34.7 Å². The summed E-state index contributed by atoms with van der Waals surface area (Å²) in [6.07, 6.45) is 0. The summed E-state index contributed by atoms with van der Waals surface area (Å²) >= 11 is 1.95. The number of rotatable bonds is 2. The first kappa shape index (κ1) is 9.50. The van der Waals surface area contributed by atoms with Crippen molar-refractivity contribution in [1.29, 1.82) is 0 Å². The Morgan fingerprint density at radius 3 is 2.67 bits per heavy atom. The second kappa shape index (κ2) is 3.88. The summed E-state index contributed by atoms with van der Waals surface area (Å²) in [6.45, 7) is -2.83. The van der Waals surface area contributed by atoms with Gasteiger partial charge in [-0.15, -0.1) is 0 Å². The molecule has 0 radical (unpaired) electrons. The first-order valence-corrected chi connectivity index (χ1v) is 4.18. The number of para-hydroxylation sites is 1. The summed E-state index contributed by atoms with van der Waals surface area (Å²) < 4.78 is 28.4. The van der Waals surface area contributed by atoms with Crippen LogP contribution in [0.5, 0.6) is 5.75 Å². The molecule has 0 aliphatic heterocycles. The molecule has 1 aromatic rings. The monoisotopic (exact) mass is 285 g/mol. The Kier molecular flexibility index (Phi) is 3.07. The molecule has 0 fully saturated rings. The molecule has 0 saturated carbocycles. The normalized spacial score (nSPS) is 10.3. The number of benzene rings is 1. The number of alkyl halides is 2. The van der Waals surface area contributed by atoms with Gasteiger partial charge in [0, 0.05) is 3.57 Å². The van der Waals surface area contributed by atoms with E-state index in [1.54, 1.807) is 12.1 Å². The van der Waals surface area contributed by atoms with Crippen LogP contribution in [-0.2, 0) is 0 Å². The number of halogens is 3. The molecular weight excluding hydrogens is 279 g/mol. The molecule has 66 valence electrons. The van der Waals surface area contributed by atoms with Gasteiger partial charge in [0.15, 0.2) is 0 Å². The van der Waals surface area contributed by atoms with Gasteiger partial charge >= 0.3 is 6.61 Å². The van der Waals surface area contributed by atoms with Gasteiger partial charge in [0.2, 0.25) is 0 Å². The van der Waals surface area contributed by atoms with E-state index < -0.39 is 6.61 Å². The Balaban J connectivity index is 2.92. The maximum absolute atomic E-state index is 11.8. The van der Waals surface area contributed by atoms with Crippen molar-refractivity contribution in [3.63, 3.8) is 0 Å². The van der Waals surface area contributed by atoms with Crippen molar-refractivity contribution in [3.05, 3.63) is 21.8 Å².